The monoisotopic (exact) mass is 375 g/mol. The van der Waals surface area contributed by atoms with Crippen LogP contribution in [0.25, 0.3) is 21.8 Å². The van der Waals surface area contributed by atoms with Gasteiger partial charge in [0.2, 0.25) is 0 Å². The number of H-pyrrole nitrogens is 1. The Morgan fingerprint density at radius 1 is 1.42 bits per heavy atom. The van der Waals surface area contributed by atoms with Gasteiger partial charge in [-0.15, -0.1) is 0 Å². The first-order chi connectivity index (χ1) is 12.7. The molecule has 0 saturated carbocycles. The molecule has 1 N–H and O–H groups in total. The van der Waals surface area contributed by atoms with Gasteiger partial charge in [0.1, 0.15) is 5.52 Å². The minimum Gasteiger partial charge on any atom is -0.381 e. The van der Waals surface area contributed by atoms with Crippen LogP contribution in [-0.4, -0.2) is 34.6 Å². The van der Waals surface area contributed by atoms with Gasteiger partial charge in [-0.25, -0.2) is 4.68 Å². The van der Waals surface area contributed by atoms with Gasteiger partial charge in [-0.05, 0) is 44.4 Å². The maximum atomic E-state index is 12.8. The first kappa shape index (κ1) is 17.5. The van der Waals surface area contributed by atoms with Gasteiger partial charge in [-0.1, -0.05) is 11.6 Å². The van der Waals surface area contributed by atoms with Crippen LogP contribution < -0.4 is 5.56 Å². The number of fused-ring (bicyclic) bond motifs is 3. The average Bonchev–Trinajstić information content (AvgIpc) is 3.04. The molecule has 138 valence electrons. The fourth-order valence-corrected chi connectivity index (χ4v) is 3.78. The molecule has 26 heavy (non-hydrogen) atoms. The molecule has 1 unspecified atom stereocenters. The molecule has 4 rings (SSSR count). The lowest BCUT2D eigenvalue weighted by Gasteiger charge is -2.24. The lowest BCUT2D eigenvalue weighted by atomic mass is 10.1. The Labute approximate surface area is 156 Å². The molecule has 0 amide bonds. The summed E-state index contributed by atoms with van der Waals surface area (Å²) < 4.78 is 13.4. The summed E-state index contributed by atoms with van der Waals surface area (Å²) in [6, 6.07) is 5.43. The Hall–Kier alpha value is -1.89. The highest BCUT2D eigenvalue weighted by molar-refractivity contribution is 6.31. The third kappa shape index (κ3) is 3.13. The lowest BCUT2D eigenvalue weighted by Crippen LogP contribution is -2.22. The van der Waals surface area contributed by atoms with Crippen molar-refractivity contribution in [2.24, 2.45) is 0 Å². The molecule has 1 aromatic carbocycles. The molecule has 0 radical (unpaired) electrons. The number of hydrogen-bond donors (Lipinski definition) is 1. The molecule has 1 atom stereocenters. The second-order valence-electron chi connectivity index (χ2n) is 6.53. The molecule has 0 aliphatic carbocycles. The number of aromatic nitrogens is 3. The zero-order valence-corrected chi connectivity index (χ0v) is 15.5. The van der Waals surface area contributed by atoms with Crippen molar-refractivity contribution < 1.29 is 9.47 Å². The van der Waals surface area contributed by atoms with Gasteiger partial charge in [-0.2, -0.15) is 5.10 Å². The number of nitrogens with one attached hydrogen (secondary N) is 1. The zero-order chi connectivity index (χ0) is 18.1. The summed E-state index contributed by atoms with van der Waals surface area (Å²) in [6.45, 7) is 3.86. The molecular formula is C19H22ClN3O3. The maximum Gasteiger partial charge on any atom is 0.259 e. The van der Waals surface area contributed by atoms with Crippen molar-refractivity contribution in [1.82, 2.24) is 14.8 Å². The van der Waals surface area contributed by atoms with E-state index in [-0.39, 0.29) is 11.8 Å². The molecule has 0 spiro atoms. The average molecular weight is 376 g/mol. The standard InChI is InChI=1S/C19H22ClN3O3/c1-2-25-10-8-15-17-18(22-23(15)16-5-3-4-9-26-16)13-11-12(20)6-7-14(13)21-19(17)24/h6-7,11,16H,2-5,8-10H2,1H3,(H,21,24). The molecule has 3 aromatic rings. The molecule has 1 fully saturated rings. The number of aromatic amines is 1. The highest BCUT2D eigenvalue weighted by atomic mass is 35.5. The second kappa shape index (κ2) is 7.39. The minimum atomic E-state index is -0.138. The van der Waals surface area contributed by atoms with E-state index in [1.165, 1.54) is 0 Å². The largest absolute Gasteiger partial charge is 0.381 e. The number of ether oxygens (including phenoxy) is 2. The normalized spacial score (nSPS) is 18.0. The van der Waals surface area contributed by atoms with Crippen molar-refractivity contribution in [1.29, 1.82) is 0 Å². The summed E-state index contributed by atoms with van der Waals surface area (Å²) >= 11 is 6.19. The summed E-state index contributed by atoms with van der Waals surface area (Å²) in [5, 5.41) is 6.87. The summed E-state index contributed by atoms with van der Waals surface area (Å²) in [6.07, 6.45) is 3.52. The Morgan fingerprint density at radius 3 is 3.08 bits per heavy atom. The maximum absolute atomic E-state index is 12.8. The lowest BCUT2D eigenvalue weighted by molar-refractivity contribution is -0.0410. The highest BCUT2D eigenvalue weighted by Gasteiger charge is 2.24. The number of nitrogens with zero attached hydrogens (tertiary/aromatic N) is 2. The van der Waals surface area contributed by atoms with Gasteiger partial charge in [-0.3, -0.25) is 4.79 Å². The number of rotatable bonds is 5. The Morgan fingerprint density at radius 2 is 2.31 bits per heavy atom. The van der Waals surface area contributed by atoms with Crippen LogP contribution in [0.3, 0.4) is 0 Å². The van der Waals surface area contributed by atoms with Crippen LogP contribution in [0.2, 0.25) is 5.02 Å². The topological polar surface area (TPSA) is 69.1 Å². The summed E-state index contributed by atoms with van der Waals surface area (Å²) in [5.74, 6) is 0. The van der Waals surface area contributed by atoms with Crippen LogP contribution in [-0.2, 0) is 15.9 Å². The first-order valence-electron chi connectivity index (χ1n) is 9.11. The van der Waals surface area contributed by atoms with E-state index in [4.69, 9.17) is 26.2 Å². The molecule has 1 aliphatic rings. The van der Waals surface area contributed by atoms with E-state index in [0.29, 0.717) is 42.2 Å². The van der Waals surface area contributed by atoms with Crippen molar-refractivity contribution in [3.63, 3.8) is 0 Å². The smallest absolute Gasteiger partial charge is 0.259 e. The Balaban J connectivity index is 1.94. The fraction of sp³-hybridized carbons (Fsp3) is 0.474. The van der Waals surface area contributed by atoms with Crippen molar-refractivity contribution in [2.75, 3.05) is 19.8 Å². The van der Waals surface area contributed by atoms with E-state index < -0.39 is 0 Å². The van der Waals surface area contributed by atoms with E-state index >= 15 is 0 Å². The molecule has 6 nitrogen and oxygen atoms in total. The first-order valence-corrected chi connectivity index (χ1v) is 9.49. The van der Waals surface area contributed by atoms with Gasteiger partial charge in [0.25, 0.3) is 5.56 Å². The fourth-order valence-electron chi connectivity index (χ4n) is 3.61. The molecule has 0 bridgehead atoms. The van der Waals surface area contributed by atoms with Gasteiger partial charge < -0.3 is 14.5 Å². The van der Waals surface area contributed by atoms with E-state index in [2.05, 4.69) is 4.98 Å². The van der Waals surface area contributed by atoms with Crippen molar-refractivity contribution in [3.8, 4) is 0 Å². The van der Waals surface area contributed by atoms with Crippen molar-refractivity contribution in [3.05, 3.63) is 39.3 Å². The zero-order valence-electron chi connectivity index (χ0n) is 14.8. The van der Waals surface area contributed by atoms with Gasteiger partial charge in [0.05, 0.1) is 23.2 Å². The van der Waals surface area contributed by atoms with Gasteiger partial charge in [0, 0.05) is 30.0 Å². The quantitative estimate of drug-likeness (QED) is 0.688. The summed E-state index contributed by atoms with van der Waals surface area (Å²) in [5.41, 5.74) is 2.14. The SMILES string of the molecule is CCOCCc1c2c(=O)[nH]c3ccc(Cl)cc3c2nn1C1CCCCO1. The van der Waals surface area contributed by atoms with Crippen LogP contribution in [0.1, 0.15) is 38.1 Å². The summed E-state index contributed by atoms with van der Waals surface area (Å²) in [4.78, 5) is 15.8. The second-order valence-corrected chi connectivity index (χ2v) is 6.96. The molecule has 1 saturated heterocycles. The van der Waals surface area contributed by atoms with E-state index in [1.54, 1.807) is 6.07 Å². The van der Waals surface area contributed by atoms with E-state index in [1.807, 2.05) is 23.7 Å². The van der Waals surface area contributed by atoms with Crippen LogP contribution >= 0.6 is 11.6 Å². The Kier molecular flexibility index (Phi) is 4.98. The predicted molar refractivity (Wildman–Crippen MR) is 102 cm³/mol. The van der Waals surface area contributed by atoms with Crippen LogP contribution in [0.4, 0.5) is 0 Å². The van der Waals surface area contributed by atoms with Gasteiger partial charge in [0.15, 0.2) is 6.23 Å². The van der Waals surface area contributed by atoms with Crippen molar-refractivity contribution in [2.45, 2.75) is 38.8 Å². The molecule has 2 aromatic heterocycles. The predicted octanol–water partition coefficient (Wildman–Crippen LogP) is 3.81. The number of halogens is 1. The summed E-state index contributed by atoms with van der Waals surface area (Å²) in [7, 11) is 0. The number of benzene rings is 1. The third-order valence-corrected chi connectivity index (χ3v) is 5.07. The van der Waals surface area contributed by atoms with Crippen molar-refractivity contribution >= 4 is 33.4 Å². The molecule has 3 heterocycles. The highest BCUT2D eigenvalue weighted by Crippen LogP contribution is 2.30. The molecular weight excluding hydrogens is 354 g/mol. The Bertz CT molecular complexity index is 989. The number of hydrogen-bond acceptors (Lipinski definition) is 4. The number of pyridine rings is 1. The van der Waals surface area contributed by atoms with Crippen LogP contribution in [0, 0.1) is 0 Å². The van der Waals surface area contributed by atoms with Crippen LogP contribution in [0.5, 0.6) is 0 Å². The third-order valence-electron chi connectivity index (χ3n) is 4.84. The van der Waals surface area contributed by atoms with E-state index in [0.717, 1.165) is 35.9 Å². The minimum absolute atomic E-state index is 0.136. The molecule has 7 heteroatoms. The molecule has 1 aliphatic heterocycles. The van der Waals surface area contributed by atoms with E-state index in [9.17, 15) is 4.79 Å². The van der Waals surface area contributed by atoms with Gasteiger partial charge >= 0.3 is 0 Å². The van der Waals surface area contributed by atoms with Crippen LogP contribution in [0.15, 0.2) is 23.0 Å².